The molecule has 0 amide bonds. The van der Waals surface area contributed by atoms with E-state index >= 15 is 0 Å². The van der Waals surface area contributed by atoms with Crippen molar-refractivity contribution in [3.63, 3.8) is 0 Å². The Labute approximate surface area is 107 Å². The smallest absolute Gasteiger partial charge is 0.190 e. The zero-order chi connectivity index (χ0) is 12.5. The van der Waals surface area contributed by atoms with E-state index < -0.39 is 9.84 Å². The van der Waals surface area contributed by atoms with E-state index in [1.807, 2.05) is 5.38 Å². The van der Waals surface area contributed by atoms with Gasteiger partial charge in [-0.15, -0.1) is 11.3 Å². The highest BCUT2D eigenvalue weighted by Gasteiger charge is 2.41. The van der Waals surface area contributed by atoms with E-state index in [4.69, 9.17) is 0 Å². The first-order chi connectivity index (χ1) is 8.07. The Morgan fingerprint density at radius 2 is 2.24 bits per heavy atom. The van der Waals surface area contributed by atoms with Gasteiger partial charge in [0.1, 0.15) is 4.21 Å². The van der Waals surface area contributed by atoms with Crippen molar-refractivity contribution < 1.29 is 8.42 Å². The van der Waals surface area contributed by atoms with Crippen molar-refractivity contribution in [2.75, 3.05) is 6.54 Å². The topological polar surface area (TPSA) is 46.2 Å². The van der Waals surface area contributed by atoms with Gasteiger partial charge < -0.3 is 5.32 Å². The van der Waals surface area contributed by atoms with E-state index in [2.05, 4.69) is 19.2 Å². The first kappa shape index (κ1) is 13.1. The van der Waals surface area contributed by atoms with Gasteiger partial charge in [-0.1, -0.05) is 19.9 Å². The molecule has 0 aromatic carbocycles. The highest BCUT2D eigenvalue weighted by Crippen LogP contribution is 2.35. The number of thiophene rings is 1. The van der Waals surface area contributed by atoms with Crippen LogP contribution in [0.3, 0.4) is 0 Å². The molecule has 1 aromatic heterocycles. The maximum absolute atomic E-state index is 12.4. The van der Waals surface area contributed by atoms with Gasteiger partial charge in [0.2, 0.25) is 0 Å². The fourth-order valence-electron chi connectivity index (χ4n) is 2.69. The Morgan fingerprint density at radius 1 is 1.47 bits per heavy atom. The molecule has 1 aromatic rings. The standard InChI is InChI=1S/C12H19NO2S2/c1-3-13-10-6-7-11(9(10)2)17(14,15)12-5-4-8-16-12/h4-5,8-11,13H,3,6-7H2,1-2H3. The fourth-order valence-corrected chi connectivity index (χ4v) is 5.98. The van der Waals surface area contributed by atoms with Gasteiger partial charge in [0, 0.05) is 6.04 Å². The highest BCUT2D eigenvalue weighted by molar-refractivity contribution is 7.94. The number of nitrogens with one attached hydrogen (secondary N) is 1. The Balaban J connectivity index is 2.19. The summed E-state index contributed by atoms with van der Waals surface area (Å²) in [6.45, 7) is 5.02. The van der Waals surface area contributed by atoms with Crippen LogP contribution in [-0.4, -0.2) is 26.3 Å². The molecule has 5 heteroatoms. The molecule has 3 nitrogen and oxygen atoms in total. The lowest BCUT2D eigenvalue weighted by Crippen LogP contribution is -2.36. The number of sulfone groups is 1. The molecule has 1 saturated carbocycles. The molecule has 3 atom stereocenters. The van der Waals surface area contributed by atoms with E-state index in [0.717, 1.165) is 19.4 Å². The number of hydrogen-bond donors (Lipinski definition) is 1. The van der Waals surface area contributed by atoms with Gasteiger partial charge in [-0.25, -0.2) is 8.42 Å². The van der Waals surface area contributed by atoms with Crippen LogP contribution in [0.2, 0.25) is 0 Å². The molecule has 1 heterocycles. The van der Waals surface area contributed by atoms with Gasteiger partial charge in [-0.2, -0.15) is 0 Å². The van der Waals surface area contributed by atoms with Crippen molar-refractivity contribution in [1.82, 2.24) is 5.32 Å². The molecule has 1 aliphatic carbocycles. The van der Waals surface area contributed by atoms with E-state index in [1.54, 1.807) is 12.1 Å². The normalized spacial score (nSPS) is 29.6. The van der Waals surface area contributed by atoms with Crippen LogP contribution < -0.4 is 5.32 Å². The van der Waals surface area contributed by atoms with Gasteiger partial charge >= 0.3 is 0 Å². The summed E-state index contributed by atoms with van der Waals surface area (Å²) < 4.78 is 25.4. The van der Waals surface area contributed by atoms with Crippen molar-refractivity contribution in [3.05, 3.63) is 17.5 Å². The maximum Gasteiger partial charge on any atom is 0.190 e. The molecule has 1 fully saturated rings. The lowest BCUT2D eigenvalue weighted by molar-refractivity contribution is 0.434. The quantitative estimate of drug-likeness (QED) is 0.915. The molecule has 0 spiro atoms. The van der Waals surface area contributed by atoms with Crippen LogP contribution >= 0.6 is 11.3 Å². The van der Waals surface area contributed by atoms with E-state index in [-0.39, 0.29) is 11.2 Å². The Hall–Kier alpha value is -0.390. The molecular weight excluding hydrogens is 254 g/mol. The van der Waals surface area contributed by atoms with Crippen molar-refractivity contribution in [2.24, 2.45) is 5.92 Å². The van der Waals surface area contributed by atoms with Gasteiger partial charge in [-0.05, 0) is 36.8 Å². The summed E-state index contributed by atoms with van der Waals surface area (Å²) in [5, 5.41) is 4.99. The monoisotopic (exact) mass is 273 g/mol. The molecular formula is C12H19NO2S2. The highest BCUT2D eigenvalue weighted by atomic mass is 32.2. The average Bonchev–Trinajstić information content (AvgIpc) is 2.90. The first-order valence-electron chi connectivity index (χ1n) is 6.08. The van der Waals surface area contributed by atoms with Gasteiger partial charge in [0.15, 0.2) is 9.84 Å². The Bertz CT molecular complexity index is 453. The third kappa shape index (κ3) is 2.41. The number of hydrogen-bond acceptors (Lipinski definition) is 4. The van der Waals surface area contributed by atoms with Crippen LogP contribution in [0.1, 0.15) is 26.7 Å². The van der Waals surface area contributed by atoms with Crippen molar-refractivity contribution in [1.29, 1.82) is 0 Å². The molecule has 1 aliphatic rings. The van der Waals surface area contributed by atoms with E-state index in [0.29, 0.717) is 10.3 Å². The van der Waals surface area contributed by atoms with Crippen molar-refractivity contribution in [3.8, 4) is 0 Å². The predicted molar refractivity (Wildman–Crippen MR) is 71.2 cm³/mol. The van der Waals surface area contributed by atoms with Crippen LogP contribution in [0.5, 0.6) is 0 Å². The molecule has 0 bridgehead atoms. The Kier molecular flexibility index (Phi) is 3.90. The third-order valence-corrected chi connectivity index (χ3v) is 7.43. The molecule has 2 rings (SSSR count). The van der Waals surface area contributed by atoms with Gasteiger partial charge in [0.25, 0.3) is 0 Å². The van der Waals surface area contributed by atoms with Crippen LogP contribution in [0, 0.1) is 5.92 Å². The molecule has 96 valence electrons. The second-order valence-electron chi connectivity index (χ2n) is 4.62. The molecule has 0 saturated heterocycles. The van der Waals surface area contributed by atoms with Crippen LogP contribution in [0.4, 0.5) is 0 Å². The summed E-state index contributed by atoms with van der Waals surface area (Å²) in [6, 6.07) is 3.87. The lowest BCUT2D eigenvalue weighted by atomic mass is 10.1. The van der Waals surface area contributed by atoms with Crippen molar-refractivity contribution >= 4 is 21.2 Å². The zero-order valence-electron chi connectivity index (χ0n) is 10.2. The second-order valence-corrected chi connectivity index (χ2v) is 7.96. The predicted octanol–water partition coefficient (Wildman–Crippen LogP) is 2.30. The minimum absolute atomic E-state index is 0.196. The second kappa shape index (κ2) is 5.08. The average molecular weight is 273 g/mol. The molecule has 17 heavy (non-hydrogen) atoms. The van der Waals surface area contributed by atoms with Crippen LogP contribution in [-0.2, 0) is 9.84 Å². The van der Waals surface area contributed by atoms with E-state index in [9.17, 15) is 8.42 Å². The summed E-state index contributed by atoms with van der Waals surface area (Å²) in [5.74, 6) is 0.196. The third-order valence-electron chi connectivity index (χ3n) is 3.62. The maximum atomic E-state index is 12.4. The summed E-state index contributed by atoms with van der Waals surface area (Å²) in [7, 11) is -3.12. The minimum Gasteiger partial charge on any atom is -0.314 e. The van der Waals surface area contributed by atoms with Crippen LogP contribution in [0.25, 0.3) is 0 Å². The largest absolute Gasteiger partial charge is 0.314 e. The number of rotatable bonds is 4. The van der Waals surface area contributed by atoms with E-state index in [1.165, 1.54) is 11.3 Å². The summed E-state index contributed by atoms with van der Waals surface area (Å²) in [5.41, 5.74) is 0. The Morgan fingerprint density at radius 3 is 2.82 bits per heavy atom. The summed E-state index contributed by atoms with van der Waals surface area (Å²) >= 11 is 1.32. The molecule has 1 N–H and O–H groups in total. The molecule has 0 radical (unpaired) electrons. The molecule has 0 aliphatic heterocycles. The lowest BCUT2D eigenvalue weighted by Gasteiger charge is -2.20. The summed E-state index contributed by atoms with van der Waals surface area (Å²) in [4.78, 5) is 0. The summed E-state index contributed by atoms with van der Waals surface area (Å²) in [6.07, 6.45) is 1.74. The SMILES string of the molecule is CCNC1CCC(S(=O)(=O)c2cccs2)C1C. The zero-order valence-corrected chi connectivity index (χ0v) is 11.9. The minimum atomic E-state index is -3.12. The van der Waals surface area contributed by atoms with Gasteiger partial charge in [-0.3, -0.25) is 0 Å². The van der Waals surface area contributed by atoms with Crippen LogP contribution in [0.15, 0.2) is 21.7 Å². The van der Waals surface area contributed by atoms with Gasteiger partial charge in [0.05, 0.1) is 5.25 Å². The van der Waals surface area contributed by atoms with Crippen molar-refractivity contribution in [2.45, 2.75) is 42.2 Å². The fraction of sp³-hybridized carbons (Fsp3) is 0.667. The molecule has 3 unspecified atom stereocenters. The first-order valence-corrected chi connectivity index (χ1v) is 8.50.